The van der Waals surface area contributed by atoms with E-state index in [1.165, 1.54) is 0 Å². The molecule has 4 heteroatoms. The van der Waals surface area contributed by atoms with Crippen LogP contribution in [0.15, 0.2) is 30.3 Å². The molecule has 0 aliphatic rings. The summed E-state index contributed by atoms with van der Waals surface area (Å²) >= 11 is 0. The van der Waals surface area contributed by atoms with E-state index in [1.54, 1.807) is 14.2 Å². The Labute approximate surface area is 117 Å². The van der Waals surface area contributed by atoms with Gasteiger partial charge in [0.1, 0.15) is 0 Å². The summed E-state index contributed by atoms with van der Waals surface area (Å²) in [5, 5.41) is 10.9. The van der Waals surface area contributed by atoms with Gasteiger partial charge in [0.2, 0.25) is 0 Å². The van der Waals surface area contributed by atoms with Gasteiger partial charge in [-0.15, -0.1) is 0 Å². The monoisotopic (exact) mass is 274 g/mol. The third kappa shape index (κ3) is 3.02. The Morgan fingerprint density at radius 2 is 1.85 bits per heavy atom. The maximum absolute atomic E-state index is 10.6. The molecule has 0 saturated carbocycles. The second kappa shape index (κ2) is 6.28. The molecule has 0 radical (unpaired) electrons. The Morgan fingerprint density at radius 3 is 2.50 bits per heavy atom. The van der Waals surface area contributed by atoms with Crippen molar-refractivity contribution in [3.05, 3.63) is 35.9 Å². The predicted octanol–water partition coefficient (Wildman–Crippen LogP) is 3.26. The summed E-state index contributed by atoms with van der Waals surface area (Å²) in [5.41, 5.74) is 1.13. The van der Waals surface area contributed by atoms with Crippen molar-refractivity contribution in [1.29, 1.82) is 0 Å². The standard InChI is InChI=1S/C16H18O4/c1-19-14-9-12-7-3-5-11(6-4-8-16(17)18)13(12)10-15(14)20-2/h3,5,7,9-10H,4,6,8H2,1-2H3,(H,17,18). The quantitative estimate of drug-likeness (QED) is 0.878. The van der Waals surface area contributed by atoms with Crippen LogP contribution in [0.3, 0.4) is 0 Å². The van der Waals surface area contributed by atoms with Crippen LogP contribution in [0.4, 0.5) is 0 Å². The molecule has 0 aliphatic carbocycles. The molecule has 0 bridgehead atoms. The number of methoxy groups -OCH3 is 2. The molecule has 4 nitrogen and oxygen atoms in total. The Balaban J connectivity index is 2.37. The summed E-state index contributed by atoms with van der Waals surface area (Å²) in [6.45, 7) is 0. The van der Waals surface area contributed by atoms with E-state index in [2.05, 4.69) is 0 Å². The highest BCUT2D eigenvalue weighted by molar-refractivity contribution is 5.89. The van der Waals surface area contributed by atoms with Crippen LogP contribution in [0.1, 0.15) is 18.4 Å². The van der Waals surface area contributed by atoms with Crippen LogP contribution in [-0.2, 0) is 11.2 Å². The highest BCUT2D eigenvalue weighted by Gasteiger charge is 2.09. The number of aryl methyl sites for hydroxylation is 1. The fourth-order valence-electron chi connectivity index (χ4n) is 2.32. The Hall–Kier alpha value is -2.23. The largest absolute Gasteiger partial charge is 0.493 e. The molecule has 0 aromatic heterocycles. The highest BCUT2D eigenvalue weighted by Crippen LogP contribution is 2.33. The lowest BCUT2D eigenvalue weighted by Gasteiger charge is -2.12. The molecule has 1 N–H and O–H groups in total. The number of carboxylic acid groups (broad SMARTS) is 1. The van der Waals surface area contributed by atoms with Crippen LogP contribution < -0.4 is 9.47 Å². The summed E-state index contributed by atoms with van der Waals surface area (Å²) in [6, 6.07) is 9.90. The van der Waals surface area contributed by atoms with Gasteiger partial charge in [0.15, 0.2) is 11.5 Å². The minimum absolute atomic E-state index is 0.184. The second-order valence-corrected chi connectivity index (χ2v) is 4.59. The van der Waals surface area contributed by atoms with E-state index in [4.69, 9.17) is 14.6 Å². The summed E-state index contributed by atoms with van der Waals surface area (Å²) in [7, 11) is 3.22. The Kier molecular flexibility index (Phi) is 4.45. The number of aliphatic carboxylic acids is 1. The molecule has 2 aromatic carbocycles. The van der Waals surface area contributed by atoms with Crippen LogP contribution >= 0.6 is 0 Å². The van der Waals surface area contributed by atoms with E-state index in [0.717, 1.165) is 22.8 Å². The van der Waals surface area contributed by atoms with Crippen molar-refractivity contribution < 1.29 is 19.4 Å². The first-order chi connectivity index (χ1) is 9.65. The van der Waals surface area contributed by atoms with Crippen molar-refractivity contribution in [3.63, 3.8) is 0 Å². The molecule has 0 aliphatic heterocycles. The molecule has 0 fully saturated rings. The molecule has 20 heavy (non-hydrogen) atoms. The number of rotatable bonds is 6. The lowest BCUT2D eigenvalue weighted by molar-refractivity contribution is -0.137. The van der Waals surface area contributed by atoms with E-state index in [-0.39, 0.29) is 6.42 Å². The summed E-state index contributed by atoms with van der Waals surface area (Å²) in [4.78, 5) is 10.6. The van der Waals surface area contributed by atoms with Crippen molar-refractivity contribution in [2.75, 3.05) is 14.2 Å². The van der Waals surface area contributed by atoms with Crippen LogP contribution in [0.5, 0.6) is 11.5 Å². The van der Waals surface area contributed by atoms with Crippen molar-refractivity contribution in [2.24, 2.45) is 0 Å². The molecule has 106 valence electrons. The van der Waals surface area contributed by atoms with Gasteiger partial charge in [-0.2, -0.15) is 0 Å². The lowest BCUT2D eigenvalue weighted by Crippen LogP contribution is -1.97. The number of hydrogen-bond acceptors (Lipinski definition) is 3. The van der Waals surface area contributed by atoms with Gasteiger partial charge in [-0.05, 0) is 41.3 Å². The van der Waals surface area contributed by atoms with Gasteiger partial charge < -0.3 is 14.6 Å². The van der Waals surface area contributed by atoms with Crippen molar-refractivity contribution in [2.45, 2.75) is 19.3 Å². The third-order valence-electron chi connectivity index (χ3n) is 3.31. The average Bonchev–Trinajstić information content (AvgIpc) is 2.45. The molecule has 0 spiro atoms. The smallest absolute Gasteiger partial charge is 0.303 e. The minimum atomic E-state index is -0.760. The van der Waals surface area contributed by atoms with E-state index in [0.29, 0.717) is 17.9 Å². The van der Waals surface area contributed by atoms with Gasteiger partial charge >= 0.3 is 5.97 Å². The average molecular weight is 274 g/mol. The van der Waals surface area contributed by atoms with E-state index >= 15 is 0 Å². The number of carbonyl (C=O) groups is 1. The van der Waals surface area contributed by atoms with Crippen molar-refractivity contribution in [3.8, 4) is 11.5 Å². The fraction of sp³-hybridized carbons (Fsp3) is 0.312. The molecule has 2 rings (SSSR count). The maximum Gasteiger partial charge on any atom is 0.303 e. The topological polar surface area (TPSA) is 55.8 Å². The van der Waals surface area contributed by atoms with Gasteiger partial charge in [0, 0.05) is 6.42 Å². The number of benzene rings is 2. The SMILES string of the molecule is COc1cc2cccc(CCCC(=O)O)c2cc1OC. The minimum Gasteiger partial charge on any atom is -0.493 e. The molecular weight excluding hydrogens is 256 g/mol. The van der Waals surface area contributed by atoms with Crippen LogP contribution in [0, 0.1) is 0 Å². The maximum atomic E-state index is 10.6. The van der Waals surface area contributed by atoms with Crippen molar-refractivity contribution in [1.82, 2.24) is 0 Å². The number of carboxylic acids is 1. The summed E-state index contributed by atoms with van der Waals surface area (Å²) in [6.07, 6.45) is 1.55. The second-order valence-electron chi connectivity index (χ2n) is 4.59. The zero-order valence-electron chi connectivity index (χ0n) is 11.7. The summed E-state index contributed by atoms with van der Waals surface area (Å²) < 4.78 is 10.6. The fourth-order valence-corrected chi connectivity index (χ4v) is 2.32. The lowest BCUT2D eigenvalue weighted by atomic mass is 9.99. The normalized spacial score (nSPS) is 10.5. The van der Waals surface area contributed by atoms with Crippen LogP contribution in [0.25, 0.3) is 10.8 Å². The molecule has 0 saturated heterocycles. The van der Waals surface area contributed by atoms with E-state index < -0.39 is 5.97 Å². The first-order valence-electron chi connectivity index (χ1n) is 6.51. The number of fused-ring (bicyclic) bond motifs is 1. The van der Waals surface area contributed by atoms with Gasteiger partial charge in [0.25, 0.3) is 0 Å². The molecule has 0 unspecified atom stereocenters. The van der Waals surface area contributed by atoms with Gasteiger partial charge in [0.05, 0.1) is 14.2 Å². The Morgan fingerprint density at radius 1 is 1.15 bits per heavy atom. The van der Waals surface area contributed by atoms with Crippen molar-refractivity contribution >= 4 is 16.7 Å². The number of hydrogen-bond donors (Lipinski definition) is 1. The molecule has 0 atom stereocenters. The summed E-state index contributed by atoms with van der Waals surface area (Å²) in [5.74, 6) is 0.623. The van der Waals surface area contributed by atoms with E-state index in [9.17, 15) is 4.79 Å². The third-order valence-corrected chi connectivity index (χ3v) is 3.31. The number of ether oxygens (including phenoxy) is 2. The molecule has 0 heterocycles. The molecule has 0 amide bonds. The zero-order valence-corrected chi connectivity index (χ0v) is 11.7. The molecule has 2 aromatic rings. The first-order valence-corrected chi connectivity index (χ1v) is 6.51. The zero-order chi connectivity index (χ0) is 14.5. The van der Waals surface area contributed by atoms with Crippen LogP contribution in [0.2, 0.25) is 0 Å². The Bertz CT molecular complexity index is 619. The highest BCUT2D eigenvalue weighted by atomic mass is 16.5. The predicted molar refractivity (Wildman–Crippen MR) is 77.6 cm³/mol. The van der Waals surface area contributed by atoms with E-state index in [1.807, 2.05) is 30.3 Å². The van der Waals surface area contributed by atoms with Gasteiger partial charge in [-0.3, -0.25) is 4.79 Å². The first kappa shape index (κ1) is 14.2. The molecular formula is C16H18O4. The van der Waals surface area contributed by atoms with Crippen LogP contribution in [-0.4, -0.2) is 25.3 Å². The van der Waals surface area contributed by atoms with Gasteiger partial charge in [-0.1, -0.05) is 18.2 Å². The van der Waals surface area contributed by atoms with Gasteiger partial charge in [-0.25, -0.2) is 0 Å².